The van der Waals surface area contributed by atoms with E-state index in [-0.39, 0.29) is 6.04 Å². The minimum atomic E-state index is 0.130. The highest BCUT2D eigenvalue weighted by Crippen LogP contribution is 2.25. The fourth-order valence-electron chi connectivity index (χ4n) is 3.01. The van der Waals surface area contributed by atoms with Crippen LogP contribution in [-0.2, 0) is 4.79 Å². The molecular weight excluding hydrogens is 276 g/mol. The van der Waals surface area contributed by atoms with E-state index in [9.17, 15) is 4.79 Å². The zero-order valence-electron chi connectivity index (χ0n) is 12.5. The number of aldehydes is 1. The molecule has 3 heterocycles. The molecule has 0 aliphatic carbocycles. The molecule has 0 amide bonds. The van der Waals surface area contributed by atoms with Crippen LogP contribution in [0.5, 0.6) is 0 Å². The van der Waals surface area contributed by atoms with Gasteiger partial charge in [0.05, 0.1) is 0 Å². The van der Waals surface area contributed by atoms with E-state index in [1.54, 1.807) is 6.20 Å². The molecule has 1 aliphatic rings. The minimum absolute atomic E-state index is 0.130. The van der Waals surface area contributed by atoms with Gasteiger partial charge in [-0.1, -0.05) is 6.07 Å². The number of anilines is 1. The van der Waals surface area contributed by atoms with Gasteiger partial charge in [0.15, 0.2) is 0 Å². The van der Waals surface area contributed by atoms with Crippen molar-refractivity contribution in [3.63, 3.8) is 0 Å². The molecule has 1 unspecified atom stereocenters. The maximum atomic E-state index is 11.1. The largest absolute Gasteiger partial charge is 0.369 e. The van der Waals surface area contributed by atoms with E-state index in [1.165, 1.54) is 5.69 Å². The number of piperazine rings is 1. The van der Waals surface area contributed by atoms with Crippen LogP contribution in [0.1, 0.15) is 18.0 Å². The van der Waals surface area contributed by atoms with E-state index in [4.69, 9.17) is 0 Å². The van der Waals surface area contributed by atoms with Gasteiger partial charge in [-0.2, -0.15) is 0 Å². The topological polar surface area (TPSA) is 49.3 Å². The van der Waals surface area contributed by atoms with Crippen LogP contribution in [0, 0.1) is 0 Å². The average Bonchev–Trinajstić information content (AvgIpc) is 2.61. The van der Waals surface area contributed by atoms with Gasteiger partial charge in [0, 0.05) is 69.1 Å². The zero-order chi connectivity index (χ0) is 15.2. The lowest BCUT2D eigenvalue weighted by Crippen LogP contribution is -2.47. The summed E-state index contributed by atoms with van der Waals surface area (Å²) >= 11 is 0. The van der Waals surface area contributed by atoms with E-state index in [0.29, 0.717) is 6.42 Å². The van der Waals surface area contributed by atoms with Crippen molar-refractivity contribution in [1.82, 2.24) is 14.9 Å². The third-order valence-corrected chi connectivity index (χ3v) is 4.17. The van der Waals surface area contributed by atoms with Crippen molar-refractivity contribution >= 4 is 12.0 Å². The van der Waals surface area contributed by atoms with Gasteiger partial charge >= 0.3 is 0 Å². The molecule has 0 bridgehead atoms. The second kappa shape index (κ2) is 7.13. The summed E-state index contributed by atoms with van der Waals surface area (Å²) in [5.74, 6) is 0. The number of carbonyl (C=O) groups excluding carboxylic acids is 1. The highest BCUT2D eigenvalue weighted by atomic mass is 16.1. The summed E-state index contributed by atoms with van der Waals surface area (Å²) in [6.07, 6.45) is 8.80. The number of rotatable bonds is 5. The summed E-state index contributed by atoms with van der Waals surface area (Å²) in [4.78, 5) is 24.0. The molecule has 1 atom stereocenters. The third kappa shape index (κ3) is 3.31. The number of carbonyl (C=O) groups is 1. The molecule has 0 aromatic carbocycles. The van der Waals surface area contributed by atoms with E-state index >= 15 is 0 Å². The summed E-state index contributed by atoms with van der Waals surface area (Å²) in [5, 5.41) is 0. The van der Waals surface area contributed by atoms with Crippen molar-refractivity contribution in [2.24, 2.45) is 0 Å². The van der Waals surface area contributed by atoms with E-state index in [1.807, 2.05) is 36.8 Å². The Labute approximate surface area is 130 Å². The smallest absolute Gasteiger partial charge is 0.121 e. The Morgan fingerprint density at radius 1 is 1.05 bits per heavy atom. The normalized spacial score (nSPS) is 17.2. The Bertz CT molecular complexity index is 582. The Morgan fingerprint density at radius 3 is 2.45 bits per heavy atom. The Hall–Kier alpha value is -2.27. The first-order chi connectivity index (χ1) is 10.9. The predicted octanol–water partition coefficient (Wildman–Crippen LogP) is 1.93. The molecule has 0 N–H and O–H groups in total. The van der Waals surface area contributed by atoms with Crippen molar-refractivity contribution in [2.75, 3.05) is 31.1 Å². The van der Waals surface area contributed by atoms with Crippen LogP contribution in [0.25, 0.3) is 0 Å². The molecule has 22 heavy (non-hydrogen) atoms. The number of nitrogens with zero attached hydrogens (tertiary/aromatic N) is 4. The molecule has 0 spiro atoms. The lowest BCUT2D eigenvalue weighted by Gasteiger charge is -2.39. The highest BCUT2D eigenvalue weighted by Gasteiger charge is 2.25. The van der Waals surface area contributed by atoms with Crippen molar-refractivity contribution in [2.45, 2.75) is 12.5 Å². The molecule has 0 radical (unpaired) electrons. The molecule has 2 aromatic rings. The van der Waals surface area contributed by atoms with Gasteiger partial charge in [-0.05, 0) is 23.8 Å². The van der Waals surface area contributed by atoms with Gasteiger partial charge in [0.1, 0.15) is 6.29 Å². The van der Waals surface area contributed by atoms with E-state index < -0.39 is 0 Å². The van der Waals surface area contributed by atoms with Gasteiger partial charge in [-0.25, -0.2) is 0 Å². The molecule has 1 fully saturated rings. The maximum Gasteiger partial charge on any atom is 0.121 e. The summed E-state index contributed by atoms with van der Waals surface area (Å²) in [5.41, 5.74) is 2.33. The first-order valence-corrected chi connectivity index (χ1v) is 7.61. The van der Waals surface area contributed by atoms with Crippen LogP contribution in [0.3, 0.4) is 0 Å². The number of hydrogen-bond donors (Lipinski definition) is 0. The number of pyridine rings is 2. The van der Waals surface area contributed by atoms with Gasteiger partial charge in [-0.3, -0.25) is 14.9 Å². The van der Waals surface area contributed by atoms with Gasteiger partial charge < -0.3 is 9.69 Å². The molecule has 1 saturated heterocycles. The summed E-state index contributed by atoms with van der Waals surface area (Å²) in [6, 6.07) is 8.20. The van der Waals surface area contributed by atoms with Crippen molar-refractivity contribution in [1.29, 1.82) is 0 Å². The lowest BCUT2D eigenvalue weighted by atomic mass is 10.0. The predicted molar refractivity (Wildman–Crippen MR) is 85.7 cm³/mol. The zero-order valence-corrected chi connectivity index (χ0v) is 12.5. The second-order valence-electron chi connectivity index (χ2n) is 5.43. The quantitative estimate of drug-likeness (QED) is 0.789. The van der Waals surface area contributed by atoms with Gasteiger partial charge in [0.2, 0.25) is 0 Å². The number of hydrogen-bond acceptors (Lipinski definition) is 5. The summed E-state index contributed by atoms with van der Waals surface area (Å²) in [6.45, 7) is 3.80. The third-order valence-electron chi connectivity index (χ3n) is 4.17. The molecule has 2 aromatic heterocycles. The Kier molecular flexibility index (Phi) is 4.75. The van der Waals surface area contributed by atoms with Crippen molar-refractivity contribution in [3.05, 3.63) is 54.6 Å². The molecular formula is C17H20N4O. The van der Waals surface area contributed by atoms with Crippen LogP contribution in [0.4, 0.5) is 5.69 Å². The van der Waals surface area contributed by atoms with Crippen molar-refractivity contribution in [3.8, 4) is 0 Å². The van der Waals surface area contributed by atoms with Crippen LogP contribution >= 0.6 is 0 Å². The molecule has 0 saturated carbocycles. The monoisotopic (exact) mass is 296 g/mol. The highest BCUT2D eigenvalue weighted by molar-refractivity contribution is 5.51. The van der Waals surface area contributed by atoms with E-state index in [2.05, 4.69) is 25.8 Å². The molecule has 5 nitrogen and oxygen atoms in total. The summed E-state index contributed by atoms with van der Waals surface area (Å²) < 4.78 is 0. The van der Waals surface area contributed by atoms with Crippen LogP contribution in [0.2, 0.25) is 0 Å². The Balaban J connectivity index is 1.67. The maximum absolute atomic E-state index is 11.1. The van der Waals surface area contributed by atoms with E-state index in [0.717, 1.165) is 38.0 Å². The fraction of sp³-hybridized carbons (Fsp3) is 0.353. The first-order valence-electron chi connectivity index (χ1n) is 7.61. The molecule has 5 heteroatoms. The van der Waals surface area contributed by atoms with Gasteiger partial charge in [0.25, 0.3) is 0 Å². The molecule has 114 valence electrons. The molecule has 1 aliphatic heterocycles. The van der Waals surface area contributed by atoms with Crippen LogP contribution < -0.4 is 4.90 Å². The second-order valence-corrected chi connectivity index (χ2v) is 5.43. The summed E-state index contributed by atoms with van der Waals surface area (Å²) in [7, 11) is 0. The molecule has 3 rings (SSSR count). The minimum Gasteiger partial charge on any atom is -0.369 e. The standard InChI is InChI=1S/C17H20N4O/c22-13-5-17(15-2-1-6-19-14-15)21-11-9-20(10-12-21)16-3-7-18-8-4-16/h1-4,6-8,13-14,17H,5,9-12H2. The Morgan fingerprint density at radius 2 is 1.82 bits per heavy atom. The fourth-order valence-corrected chi connectivity index (χ4v) is 3.01. The number of aromatic nitrogens is 2. The van der Waals surface area contributed by atoms with Gasteiger partial charge in [-0.15, -0.1) is 0 Å². The van der Waals surface area contributed by atoms with Crippen LogP contribution in [-0.4, -0.2) is 47.3 Å². The SMILES string of the molecule is O=CCC(c1cccnc1)N1CCN(c2ccncc2)CC1. The average molecular weight is 296 g/mol. The van der Waals surface area contributed by atoms with Crippen molar-refractivity contribution < 1.29 is 4.79 Å². The lowest BCUT2D eigenvalue weighted by molar-refractivity contribution is -0.109. The van der Waals surface area contributed by atoms with Crippen LogP contribution in [0.15, 0.2) is 49.1 Å². The first kappa shape index (κ1) is 14.7.